The number of allylic oxidation sites excluding steroid dienone is 4. The molecule has 2 saturated heterocycles. The highest BCUT2D eigenvalue weighted by molar-refractivity contribution is 6.01. The van der Waals surface area contributed by atoms with Crippen LogP contribution in [0.3, 0.4) is 0 Å². The van der Waals surface area contributed by atoms with Crippen LogP contribution >= 0.6 is 0 Å². The zero-order chi connectivity index (χ0) is 56.8. The molecule has 3 unspecified atom stereocenters. The first kappa shape index (κ1) is 61.8. The summed E-state index contributed by atoms with van der Waals surface area (Å²) in [5, 5.41) is 47.7. The molecule has 2 heterocycles. The lowest BCUT2D eigenvalue weighted by atomic mass is 9.45. The van der Waals surface area contributed by atoms with Crippen molar-refractivity contribution in [3.8, 4) is 0 Å². The van der Waals surface area contributed by atoms with E-state index in [0.29, 0.717) is 50.6 Å². The van der Waals surface area contributed by atoms with Crippen LogP contribution in [0.2, 0.25) is 0 Å². The fraction of sp³-hybridized carbons (Fsp3) is 0.845. The molecule has 0 aromatic heterocycles. The number of ketones is 1. The van der Waals surface area contributed by atoms with E-state index in [-0.39, 0.29) is 56.6 Å². The van der Waals surface area contributed by atoms with Gasteiger partial charge in [-0.3, -0.25) is 19.2 Å². The Morgan fingerprint density at radius 2 is 1.62 bits per heavy atom. The molecule has 18 heteroatoms. The van der Waals surface area contributed by atoms with Crippen molar-refractivity contribution in [3.63, 3.8) is 0 Å². The number of aliphatic hydroxyl groups excluding tert-OH is 2. The van der Waals surface area contributed by atoms with Crippen LogP contribution in [0.4, 0.5) is 4.39 Å². The van der Waals surface area contributed by atoms with Gasteiger partial charge in [0.2, 0.25) is 0 Å². The number of carbonyl (C=O) groups excluding carboxylic acids is 5. The minimum absolute atomic E-state index is 0.148. The van der Waals surface area contributed by atoms with E-state index < -0.39 is 136 Å². The first-order chi connectivity index (χ1) is 35.2. The number of aliphatic hydroxyl groups is 4. The maximum absolute atomic E-state index is 17.7. The lowest BCUT2D eigenvalue weighted by Crippen LogP contribution is -2.69. The molecule has 6 aliphatic rings. The summed E-state index contributed by atoms with van der Waals surface area (Å²) in [5.41, 5.74) is -8.55. The third kappa shape index (κ3) is 11.4. The van der Waals surface area contributed by atoms with Crippen molar-refractivity contribution in [2.75, 3.05) is 34.3 Å². The topological polar surface area (TPSA) is 228 Å². The minimum atomic E-state index is -2.13. The van der Waals surface area contributed by atoms with Crippen LogP contribution in [0.1, 0.15) is 154 Å². The van der Waals surface area contributed by atoms with E-state index in [2.05, 4.69) is 0 Å². The van der Waals surface area contributed by atoms with Gasteiger partial charge in [0.1, 0.15) is 23.9 Å². The van der Waals surface area contributed by atoms with Crippen molar-refractivity contribution in [3.05, 3.63) is 23.8 Å². The molecule has 6 rings (SSSR count). The number of hydrogen-bond donors (Lipinski definition) is 4. The normalized spacial score (nSPS) is 44.3. The molecule has 17 nitrogen and oxygen atoms in total. The molecular weight excluding hydrogens is 984 g/mol. The Hall–Kier alpha value is -3.36. The Kier molecular flexibility index (Phi) is 19.0. The van der Waals surface area contributed by atoms with Gasteiger partial charge < -0.3 is 58.6 Å². The summed E-state index contributed by atoms with van der Waals surface area (Å²) in [5.74, 6) is -6.68. The Bertz CT molecular complexity index is 2190. The van der Waals surface area contributed by atoms with E-state index in [9.17, 15) is 44.4 Å². The largest absolute Gasteiger partial charge is 0.464 e. The van der Waals surface area contributed by atoms with E-state index in [1.165, 1.54) is 26.0 Å². The number of unbranched alkanes of at least 4 members (excludes halogenated alkanes) is 1. The summed E-state index contributed by atoms with van der Waals surface area (Å²) < 4.78 is 55.4. The standard InChI is InChI=1S/C58H93FN2O15/c1-16-44-56(12,69)48(66)36(6)61(15)26-19-24-53(8,9)49(76-51-47(73-37(7)62)42(60(13)14)29-33(3)72-51)34(4)46(35(5)50(67)74-44)75-45(65)20-17-18-27-71-52(68)58(70)32(2)28-41-40-22-21-38-30-39(63)23-25-54(38,10)57(40,59)43(64)31-55(41,58)11/h23,25,30,32-36,40-44,46-49,51,64,66,69-70H,16-22,24,26-29,31H2,1-15H3/t32-,33+,34-,35-,36-,40?,41?,42+,43+,44-,46+,47?,48+,49-,51-,54+,55+,56-,57+,58+/m1/s1. The van der Waals surface area contributed by atoms with Gasteiger partial charge >= 0.3 is 23.9 Å². The number of nitrogens with zero attached hydrogens (tertiary/aromatic N) is 2. The first-order valence-corrected chi connectivity index (χ1v) is 28.1. The van der Waals surface area contributed by atoms with E-state index in [4.69, 9.17) is 28.4 Å². The molecule has 432 valence electrons. The molecule has 5 fully saturated rings. The number of cyclic esters (lactones) is 1. The number of likely N-dealkylation sites (N-methyl/N-ethyl adjacent to an activating group) is 2. The van der Waals surface area contributed by atoms with Gasteiger partial charge in [-0.2, -0.15) is 0 Å². The summed E-state index contributed by atoms with van der Waals surface area (Å²) >= 11 is 0. The minimum Gasteiger partial charge on any atom is -0.464 e. The highest BCUT2D eigenvalue weighted by Crippen LogP contribution is 2.70. The second-order valence-corrected chi connectivity index (χ2v) is 25.4. The van der Waals surface area contributed by atoms with Gasteiger partial charge in [0.15, 0.2) is 29.4 Å². The molecule has 2 aliphatic heterocycles. The third-order valence-corrected chi connectivity index (χ3v) is 19.6. The molecule has 0 spiro atoms. The van der Waals surface area contributed by atoms with Crippen molar-refractivity contribution in [1.82, 2.24) is 9.80 Å². The molecule has 20 atom stereocenters. The first-order valence-electron chi connectivity index (χ1n) is 28.1. The average molecular weight is 1080 g/mol. The predicted molar refractivity (Wildman–Crippen MR) is 280 cm³/mol. The Morgan fingerprint density at radius 3 is 2.25 bits per heavy atom. The molecule has 4 aliphatic carbocycles. The predicted octanol–water partition coefficient (Wildman–Crippen LogP) is 6.19. The van der Waals surface area contributed by atoms with Crippen molar-refractivity contribution in [1.29, 1.82) is 0 Å². The van der Waals surface area contributed by atoms with Crippen molar-refractivity contribution in [2.24, 2.45) is 45.8 Å². The van der Waals surface area contributed by atoms with Gasteiger partial charge in [0.05, 0.1) is 36.9 Å². The monoisotopic (exact) mass is 1080 g/mol. The highest BCUT2D eigenvalue weighted by atomic mass is 19.1. The Morgan fingerprint density at radius 1 is 0.947 bits per heavy atom. The molecular formula is C58H93FN2O15. The molecule has 0 radical (unpaired) electrons. The van der Waals surface area contributed by atoms with Crippen LogP contribution in [-0.2, 0) is 52.4 Å². The number of carbonyl (C=O) groups is 5. The zero-order valence-electron chi connectivity index (χ0n) is 48.1. The molecule has 76 heavy (non-hydrogen) atoms. The molecule has 0 aromatic rings. The van der Waals surface area contributed by atoms with Crippen LogP contribution in [0.5, 0.6) is 0 Å². The lowest BCUT2D eigenvalue weighted by Gasteiger charge is -2.62. The molecule has 3 saturated carbocycles. The molecule has 0 bridgehead atoms. The highest BCUT2D eigenvalue weighted by Gasteiger charge is 2.76. The van der Waals surface area contributed by atoms with E-state index in [0.717, 1.165) is 0 Å². The lowest BCUT2D eigenvalue weighted by molar-refractivity contribution is -0.293. The van der Waals surface area contributed by atoms with Gasteiger partial charge in [0, 0.05) is 42.1 Å². The van der Waals surface area contributed by atoms with Gasteiger partial charge in [-0.25, -0.2) is 9.18 Å². The van der Waals surface area contributed by atoms with Crippen LogP contribution in [-0.4, -0.2) is 172 Å². The number of halogens is 1. The summed E-state index contributed by atoms with van der Waals surface area (Å²) in [6, 6.07) is -0.800. The van der Waals surface area contributed by atoms with Crippen LogP contribution in [0.15, 0.2) is 23.8 Å². The number of alkyl halides is 1. The Balaban J connectivity index is 1.21. The Labute approximate surface area is 450 Å². The molecule has 0 aromatic carbocycles. The summed E-state index contributed by atoms with van der Waals surface area (Å²) in [4.78, 5) is 71.6. The maximum Gasteiger partial charge on any atom is 0.338 e. The number of fused-ring (bicyclic) bond motifs is 5. The smallest absolute Gasteiger partial charge is 0.338 e. The van der Waals surface area contributed by atoms with Crippen molar-refractivity contribution >= 4 is 29.7 Å². The van der Waals surface area contributed by atoms with E-state index in [1.807, 2.05) is 65.6 Å². The molecule has 0 amide bonds. The third-order valence-electron chi connectivity index (χ3n) is 19.6. The number of rotatable bonds is 12. The number of ether oxygens (including phenoxy) is 6. The SMILES string of the molecule is CC[C@H]1OC(=O)[C@H](C)[C@@H](OC(=O)CCCCOC(=O)[C@@]2(O)[C@H](C)CC3C4CCC5=CC(=O)C=C[C@]5(C)[C@@]4(F)[C@@H](O)C[C@@]32C)[C@@H](C)[C@@H](O[C@H]2O[C@@H](C)C[C@H](N(C)C)C2OC(C)=O)C(C)(C)CCCN(C)[C@H](C)[C@H](O)[C@]1(C)O. The van der Waals surface area contributed by atoms with Gasteiger partial charge in [-0.05, 0) is 156 Å². The van der Waals surface area contributed by atoms with Crippen molar-refractivity contribution in [2.45, 2.75) is 232 Å². The van der Waals surface area contributed by atoms with Gasteiger partial charge in [0.25, 0.3) is 0 Å². The van der Waals surface area contributed by atoms with Crippen LogP contribution in [0, 0.1) is 45.8 Å². The second-order valence-electron chi connectivity index (χ2n) is 25.4. The fourth-order valence-electron chi connectivity index (χ4n) is 14.8. The van der Waals surface area contributed by atoms with E-state index in [1.54, 1.807) is 40.7 Å². The second kappa shape index (κ2) is 23.4. The summed E-state index contributed by atoms with van der Waals surface area (Å²) in [7, 11) is 5.65. The summed E-state index contributed by atoms with van der Waals surface area (Å²) in [6.45, 7) is 21.3. The van der Waals surface area contributed by atoms with Crippen LogP contribution in [0.25, 0.3) is 0 Å². The molecule has 4 N–H and O–H groups in total. The number of esters is 4. The quantitative estimate of drug-likeness (QED) is 0.0971. The average Bonchev–Trinajstić information content (AvgIpc) is 3.54. The van der Waals surface area contributed by atoms with E-state index >= 15 is 4.39 Å². The van der Waals surface area contributed by atoms with Gasteiger partial charge in [-0.1, -0.05) is 53.2 Å². The van der Waals surface area contributed by atoms with Crippen molar-refractivity contribution < 1.29 is 77.2 Å². The van der Waals surface area contributed by atoms with Gasteiger partial charge in [-0.15, -0.1) is 0 Å². The fourth-order valence-corrected chi connectivity index (χ4v) is 14.8. The number of hydrogen-bond acceptors (Lipinski definition) is 17. The maximum atomic E-state index is 17.7. The van der Waals surface area contributed by atoms with Crippen LogP contribution < -0.4 is 0 Å². The summed E-state index contributed by atoms with van der Waals surface area (Å²) in [6.07, 6.45) is -0.645. The zero-order valence-corrected chi connectivity index (χ0v) is 48.1.